The van der Waals surface area contributed by atoms with E-state index in [0.29, 0.717) is 13.0 Å². The second-order valence-electron chi connectivity index (χ2n) is 2.91. The van der Waals surface area contributed by atoms with Gasteiger partial charge in [-0.15, -0.1) is 6.58 Å². The van der Waals surface area contributed by atoms with E-state index in [0.717, 1.165) is 11.3 Å². The van der Waals surface area contributed by atoms with Gasteiger partial charge in [-0.2, -0.15) is 0 Å². The van der Waals surface area contributed by atoms with Gasteiger partial charge < -0.3 is 11.1 Å². The van der Waals surface area contributed by atoms with Crippen molar-refractivity contribution >= 4 is 11.6 Å². The summed E-state index contributed by atoms with van der Waals surface area (Å²) in [4.78, 5) is 10.8. The Morgan fingerprint density at radius 3 is 2.71 bits per heavy atom. The van der Waals surface area contributed by atoms with Crippen LogP contribution in [0.4, 0.5) is 5.69 Å². The quantitative estimate of drug-likeness (QED) is 0.656. The molecular weight excluding hydrogens is 176 g/mol. The van der Waals surface area contributed by atoms with Crippen LogP contribution in [0.15, 0.2) is 36.9 Å². The summed E-state index contributed by atoms with van der Waals surface area (Å²) >= 11 is 0. The molecule has 0 bridgehead atoms. The summed E-state index contributed by atoms with van der Waals surface area (Å²) < 4.78 is 0. The summed E-state index contributed by atoms with van der Waals surface area (Å²) in [6, 6.07) is 7.75. The van der Waals surface area contributed by atoms with E-state index in [2.05, 4.69) is 11.9 Å². The summed E-state index contributed by atoms with van der Waals surface area (Å²) in [6.45, 7) is 3.94. The lowest BCUT2D eigenvalue weighted by Gasteiger charge is -1.93. The van der Waals surface area contributed by atoms with E-state index in [1.54, 1.807) is 6.08 Å². The minimum absolute atomic E-state index is 0.0983. The predicted octanol–water partition coefficient (Wildman–Crippen LogP) is 1.31. The molecule has 1 aliphatic rings. The Hall–Kier alpha value is -1.61. The van der Waals surface area contributed by atoms with Crippen LogP contribution in [0.3, 0.4) is 0 Å². The highest BCUT2D eigenvalue weighted by molar-refractivity contribution is 5.98. The fourth-order valence-corrected chi connectivity index (χ4v) is 1.16. The lowest BCUT2D eigenvalue weighted by molar-refractivity contribution is -0.115. The number of nitrogens with two attached hydrogens (primary N) is 1. The van der Waals surface area contributed by atoms with Crippen LogP contribution in [-0.2, 0) is 11.2 Å². The molecule has 14 heavy (non-hydrogen) atoms. The Morgan fingerprint density at radius 2 is 2.14 bits per heavy atom. The first-order chi connectivity index (χ1) is 6.77. The Kier molecular flexibility index (Phi) is 3.88. The fraction of sp³-hybridized carbons (Fsp3) is 0.182. The zero-order chi connectivity index (χ0) is 10.4. The van der Waals surface area contributed by atoms with Crippen molar-refractivity contribution in [2.45, 2.75) is 6.42 Å². The van der Waals surface area contributed by atoms with E-state index in [4.69, 9.17) is 5.73 Å². The Labute approximate surface area is 83.6 Å². The number of benzene rings is 1. The smallest absolute Gasteiger partial charge is 0.228 e. The van der Waals surface area contributed by atoms with Crippen molar-refractivity contribution in [2.75, 3.05) is 11.9 Å². The molecule has 0 aromatic heterocycles. The van der Waals surface area contributed by atoms with Gasteiger partial charge >= 0.3 is 0 Å². The molecule has 0 spiro atoms. The van der Waals surface area contributed by atoms with Crippen LogP contribution in [0.5, 0.6) is 0 Å². The summed E-state index contributed by atoms with van der Waals surface area (Å²) in [5.74, 6) is 0.0983. The van der Waals surface area contributed by atoms with Crippen LogP contribution in [0.25, 0.3) is 0 Å². The van der Waals surface area contributed by atoms with Crippen molar-refractivity contribution < 1.29 is 4.79 Å². The lowest BCUT2D eigenvalue weighted by Crippen LogP contribution is -2.03. The molecule has 1 aliphatic heterocycles. The molecule has 0 unspecified atom stereocenters. The standard InChI is InChI=1S/C8H7NO.C3H7N/c10-8-5-6-3-1-2-4-7(6)9-8;1-2-3-4/h1-4H,5H2,(H,9,10);2H,1,3-4H2. The summed E-state index contributed by atoms with van der Waals surface area (Å²) in [7, 11) is 0. The number of nitrogens with one attached hydrogen (secondary N) is 1. The molecule has 0 fully saturated rings. The first kappa shape index (κ1) is 10.5. The maximum atomic E-state index is 10.8. The number of hydrogen-bond acceptors (Lipinski definition) is 2. The second-order valence-corrected chi connectivity index (χ2v) is 2.91. The maximum absolute atomic E-state index is 10.8. The van der Waals surface area contributed by atoms with Crippen molar-refractivity contribution in [3.63, 3.8) is 0 Å². The molecule has 3 N–H and O–H groups in total. The van der Waals surface area contributed by atoms with Crippen molar-refractivity contribution in [1.82, 2.24) is 0 Å². The van der Waals surface area contributed by atoms with Gasteiger partial charge in [0.2, 0.25) is 5.91 Å². The lowest BCUT2D eigenvalue weighted by atomic mass is 10.2. The second kappa shape index (κ2) is 5.19. The molecule has 0 aliphatic carbocycles. The number of carbonyl (C=O) groups excluding carboxylic acids is 1. The molecule has 3 nitrogen and oxygen atoms in total. The third kappa shape index (κ3) is 2.71. The van der Waals surface area contributed by atoms with Gasteiger partial charge in [0.15, 0.2) is 0 Å². The number of para-hydroxylation sites is 1. The van der Waals surface area contributed by atoms with Crippen LogP contribution >= 0.6 is 0 Å². The van der Waals surface area contributed by atoms with E-state index < -0.39 is 0 Å². The number of fused-ring (bicyclic) bond motifs is 1. The number of carbonyl (C=O) groups is 1. The molecule has 0 saturated carbocycles. The number of rotatable bonds is 1. The van der Waals surface area contributed by atoms with Crippen molar-refractivity contribution in [3.05, 3.63) is 42.5 Å². The zero-order valence-corrected chi connectivity index (χ0v) is 7.99. The zero-order valence-electron chi connectivity index (χ0n) is 7.99. The predicted molar refractivity (Wildman–Crippen MR) is 58.0 cm³/mol. The SMILES string of the molecule is C=CCN.O=C1Cc2ccccc2N1. The number of anilines is 1. The van der Waals surface area contributed by atoms with Crippen LogP contribution < -0.4 is 11.1 Å². The van der Waals surface area contributed by atoms with Gasteiger partial charge in [-0.1, -0.05) is 24.3 Å². The van der Waals surface area contributed by atoms with Gasteiger partial charge in [0.25, 0.3) is 0 Å². The summed E-state index contributed by atoms with van der Waals surface area (Å²) in [5, 5.41) is 2.76. The summed E-state index contributed by atoms with van der Waals surface area (Å²) in [5.41, 5.74) is 6.98. The highest BCUT2D eigenvalue weighted by Crippen LogP contribution is 2.20. The number of hydrogen-bond donors (Lipinski definition) is 2. The largest absolute Gasteiger partial charge is 0.327 e. The van der Waals surface area contributed by atoms with E-state index >= 15 is 0 Å². The first-order valence-electron chi connectivity index (χ1n) is 4.46. The minimum Gasteiger partial charge on any atom is -0.327 e. The third-order valence-corrected chi connectivity index (χ3v) is 1.81. The molecule has 0 radical (unpaired) electrons. The van der Waals surface area contributed by atoms with Gasteiger partial charge in [-0.05, 0) is 11.6 Å². The Morgan fingerprint density at radius 1 is 1.50 bits per heavy atom. The van der Waals surface area contributed by atoms with Gasteiger partial charge in [-0.3, -0.25) is 4.79 Å². The molecule has 0 saturated heterocycles. The molecule has 3 heteroatoms. The highest BCUT2D eigenvalue weighted by Gasteiger charge is 2.15. The molecule has 1 aromatic rings. The van der Waals surface area contributed by atoms with E-state index in [9.17, 15) is 4.79 Å². The van der Waals surface area contributed by atoms with Crippen LogP contribution in [0.1, 0.15) is 5.56 Å². The molecule has 1 aromatic carbocycles. The molecule has 1 heterocycles. The van der Waals surface area contributed by atoms with Crippen LogP contribution in [-0.4, -0.2) is 12.5 Å². The van der Waals surface area contributed by atoms with E-state index in [-0.39, 0.29) is 5.91 Å². The van der Waals surface area contributed by atoms with Crippen molar-refractivity contribution in [2.24, 2.45) is 5.73 Å². The van der Waals surface area contributed by atoms with Crippen molar-refractivity contribution in [1.29, 1.82) is 0 Å². The van der Waals surface area contributed by atoms with E-state index in [1.165, 1.54) is 0 Å². The van der Waals surface area contributed by atoms with Crippen molar-refractivity contribution in [3.8, 4) is 0 Å². The number of amides is 1. The molecular formula is C11H14N2O. The Balaban J connectivity index is 0.000000213. The van der Waals surface area contributed by atoms with Gasteiger partial charge in [0.1, 0.15) is 0 Å². The highest BCUT2D eigenvalue weighted by atomic mass is 16.1. The molecule has 0 atom stereocenters. The molecule has 1 amide bonds. The average molecular weight is 190 g/mol. The van der Waals surface area contributed by atoms with Crippen LogP contribution in [0.2, 0.25) is 0 Å². The van der Waals surface area contributed by atoms with E-state index in [1.807, 2.05) is 24.3 Å². The average Bonchev–Trinajstić information content (AvgIpc) is 2.58. The van der Waals surface area contributed by atoms with Crippen LogP contribution in [0, 0.1) is 0 Å². The topological polar surface area (TPSA) is 55.1 Å². The maximum Gasteiger partial charge on any atom is 0.228 e. The molecule has 2 rings (SSSR count). The first-order valence-corrected chi connectivity index (χ1v) is 4.46. The van der Waals surface area contributed by atoms with Gasteiger partial charge in [0.05, 0.1) is 6.42 Å². The van der Waals surface area contributed by atoms with Gasteiger partial charge in [-0.25, -0.2) is 0 Å². The Bertz CT molecular complexity index is 307. The minimum atomic E-state index is 0.0983. The normalized spacial score (nSPS) is 12.2. The monoisotopic (exact) mass is 190 g/mol. The fourth-order valence-electron chi connectivity index (χ4n) is 1.16. The van der Waals surface area contributed by atoms with Gasteiger partial charge in [0, 0.05) is 12.2 Å². The molecule has 74 valence electrons. The third-order valence-electron chi connectivity index (χ3n) is 1.81. The summed E-state index contributed by atoms with van der Waals surface area (Å²) in [6.07, 6.45) is 2.19.